The fraction of sp³-hybridized carbons (Fsp3) is 0.321. The van der Waals surface area contributed by atoms with E-state index in [1.165, 1.54) is 5.56 Å². The van der Waals surface area contributed by atoms with Crippen molar-refractivity contribution in [3.63, 3.8) is 0 Å². The predicted molar refractivity (Wildman–Crippen MR) is 135 cm³/mol. The molecule has 0 spiro atoms. The van der Waals surface area contributed by atoms with Crippen molar-refractivity contribution in [1.29, 1.82) is 0 Å². The van der Waals surface area contributed by atoms with Crippen LogP contribution < -0.4 is 10.1 Å². The molecular weight excluding hydrogens is 424 g/mol. The number of benzene rings is 2. The molecule has 6 nitrogen and oxygen atoms in total. The smallest absolute Gasteiger partial charge is 0.251 e. The number of para-hydroxylation sites is 2. The monoisotopic (exact) mass is 456 g/mol. The Balaban J connectivity index is 1.36. The van der Waals surface area contributed by atoms with Gasteiger partial charge in [0.25, 0.3) is 5.91 Å². The number of hydrogen-bond donors (Lipinski definition) is 1. The van der Waals surface area contributed by atoms with Gasteiger partial charge < -0.3 is 14.6 Å². The SMILES string of the molecule is CC(C)(C)c1ccc(OCCn2c(CCCNC(=O)c3ccncc3)nc3ccccc32)cc1. The maximum atomic E-state index is 12.2. The number of nitrogens with one attached hydrogen (secondary N) is 1. The number of carbonyl (C=O) groups is 1. The number of fused-ring (bicyclic) bond motifs is 1. The molecule has 1 amide bonds. The quantitative estimate of drug-likeness (QED) is 0.353. The van der Waals surface area contributed by atoms with Crippen LogP contribution >= 0.6 is 0 Å². The van der Waals surface area contributed by atoms with Gasteiger partial charge in [-0.2, -0.15) is 0 Å². The molecule has 0 aliphatic heterocycles. The highest BCUT2D eigenvalue weighted by Gasteiger charge is 2.14. The van der Waals surface area contributed by atoms with E-state index in [9.17, 15) is 4.79 Å². The van der Waals surface area contributed by atoms with Crippen molar-refractivity contribution in [1.82, 2.24) is 19.9 Å². The maximum absolute atomic E-state index is 12.2. The molecule has 4 aromatic rings. The Labute approximate surface area is 201 Å². The molecule has 176 valence electrons. The first-order valence-corrected chi connectivity index (χ1v) is 11.8. The van der Waals surface area contributed by atoms with Gasteiger partial charge >= 0.3 is 0 Å². The molecule has 0 unspecified atom stereocenters. The molecule has 34 heavy (non-hydrogen) atoms. The highest BCUT2D eigenvalue weighted by molar-refractivity contribution is 5.93. The normalized spacial score (nSPS) is 11.5. The number of ether oxygens (including phenoxy) is 1. The zero-order chi connectivity index (χ0) is 24.0. The van der Waals surface area contributed by atoms with E-state index >= 15 is 0 Å². The fourth-order valence-electron chi connectivity index (χ4n) is 3.93. The zero-order valence-electron chi connectivity index (χ0n) is 20.1. The van der Waals surface area contributed by atoms with Crippen LogP contribution in [0.2, 0.25) is 0 Å². The van der Waals surface area contributed by atoms with Crippen LogP contribution in [0.3, 0.4) is 0 Å². The van der Waals surface area contributed by atoms with Crippen molar-refractivity contribution in [2.45, 2.75) is 45.6 Å². The van der Waals surface area contributed by atoms with E-state index in [-0.39, 0.29) is 11.3 Å². The van der Waals surface area contributed by atoms with Crippen LogP contribution in [-0.4, -0.2) is 33.6 Å². The number of nitrogens with zero attached hydrogens (tertiary/aromatic N) is 3. The van der Waals surface area contributed by atoms with Crippen LogP contribution in [0.1, 0.15) is 48.9 Å². The Hall–Kier alpha value is -3.67. The summed E-state index contributed by atoms with van der Waals surface area (Å²) in [5, 5.41) is 2.97. The molecule has 0 radical (unpaired) electrons. The van der Waals surface area contributed by atoms with Crippen LogP contribution in [0.15, 0.2) is 73.1 Å². The van der Waals surface area contributed by atoms with Gasteiger partial charge in [0.1, 0.15) is 18.2 Å². The van der Waals surface area contributed by atoms with E-state index < -0.39 is 0 Å². The van der Waals surface area contributed by atoms with Gasteiger partial charge in [0, 0.05) is 30.9 Å². The third kappa shape index (κ3) is 5.81. The minimum absolute atomic E-state index is 0.0817. The predicted octanol–water partition coefficient (Wildman–Crippen LogP) is 5.17. The number of carbonyl (C=O) groups excluding carboxylic acids is 1. The standard InChI is InChI=1S/C28H32N4O2/c1-28(2,3)22-10-12-23(13-11-22)34-20-19-32-25-8-5-4-7-24(25)31-26(32)9-6-16-30-27(33)21-14-17-29-18-15-21/h4-5,7-8,10-15,17-18H,6,9,16,19-20H2,1-3H3,(H,30,33). The number of amides is 1. The Bertz CT molecular complexity index is 1220. The number of aryl methyl sites for hydroxylation is 1. The molecular formula is C28H32N4O2. The zero-order valence-corrected chi connectivity index (χ0v) is 20.1. The van der Waals surface area contributed by atoms with Gasteiger partial charge in [0.2, 0.25) is 0 Å². The van der Waals surface area contributed by atoms with E-state index in [1.54, 1.807) is 24.5 Å². The van der Waals surface area contributed by atoms with E-state index in [0.717, 1.165) is 35.4 Å². The van der Waals surface area contributed by atoms with Crippen LogP contribution in [0.5, 0.6) is 5.75 Å². The summed E-state index contributed by atoms with van der Waals surface area (Å²) in [4.78, 5) is 21.0. The third-order valence-corrected chi connectivity index (χ3v) is 5.84. The largest absolute Gasteiger partial charge is 0.492 e. The average Bonchev–Trinajstić information content (AvgIpc) is 3.19. The molecule has 4 rings (SSSR count). The lowest BCUT2D eigenvalue weighted by Gasteiger charge is -2.19. The molecule has 2 heterocycles. The topological polar surface area (TPSA) is 69.0 Å². The van der Waals surface area contributed by atoms with Crippen molar-refractivity contribution in [3.05, 3.63) is 90.0 Å². The van der Waals surface area contributed by atoms with Crippen LogP contribution in [-0.2, 0) is 18.4 Å². The summed E-state index contributed by atoms with van der Waals surface area (Å²) in [5.74, 6) is 1.80. The Morgan fingerprint density at radius 2 is 1.74 bits per heavy atom. The van der Waals surface area contributed by atoms with Gasteiger partial charge in [-0.1, -0.05) is 45.0 Å². The van der Waals surface area contributed by atoms with Crippen molar-refractivity contribution in [3.8, 4) is 5.75 Å². The molecule has 6 heteroatoms. The highest BCUT2D eigenvalue weighted by Crippen LogP contribution is 2.24. The second kappa shape index (κ2) is 10.5. The van der Waals surface area contributed by atoms with E-state index in [4.69, 9.17) is 9.72 Å². The summed E-state index contributed by atoms with van der Waals surface area (Å²) in [6.07, 6.45) is 4.82. The number of pyridine rings is 1. The van der Waals surface area contributed by atoms with Gasteiger partial charge in [-0.15, -0.1) is 0 Å². The van der Waals surface area contributed by atoms with Gasteiger partial charge in [-0.25, -0.2) is 4.98 Å². The second-order valence-corrected chi connectivity index (χ2v) is 9.39. The number of hydrogen-bond acceptors (Lipinski definition) is 4. The molecule has 0 atom stereocenters. The average molecular weight is 457 g/mol. The summed E-state index contributed by atoms with van der Waals surface area (Å²) >= 11 is 0. The lowest BCUT2D eigenvalue weighted by Crippen LogP contribution is -2.25. The fourth-order valence-corrected chi connectivity index (χ4v) is 3.93. The molecule has 1 N–H and O–H groups in total. The molecule has 0 aliphatic rings. The summed E-state index contributed by atoms with van der Waals surface area (Å²) in [6, 6.07) is 19.9. The van der Waals surface area contributed by atoms with Crippen molar-refractivity contribution < 1.29 is 9.53 Å². The summed E-state index contributed by atoms with van der Waals surface area (Å²) in [6.45, 7) is 8.47. The van der Waals surface area contributed by atoms with Crippen LogP contribution in [0.25, 0.3) is 11.0 Å². The van der Waals surface area contributed by atoms with Gasteiger partial charge in [-0.3, -0.25) is 9.78 Å². The van der Waals surface area contributed by atoms with E-state index in [2.05, 4.69) is 53.8 Å². The van der Waals surface area contributed by atoms with Crippen molar-refractivity contribution in [2.24, 2.45) is 0 Å². The molecule has 0 aliphatic carbocycles. The molecule has 2 aromatic carbocycles. The molecule has 2 aromatic heterocycles. The minimum atomic E-state index is -0.0817. The first-order chi connectivity index (χ1) is 16.4. The summed E-state index contributed by atoms with van der Waals surface area (Å²) in [5.41, 5.74) is 4.12. The first-order valence-electron chi connectivity index (χ1n) is 11.8. The van der Waals surface area contributed by atoms with Gasteiger partial charge in [-0.05, 0) is 53.8 Å². The second-order valence-electron chi connectivity index (χ2n) is 9.39. The minimum Gasteiger partial charge on any atom is -0.492 e. The maximum Gasteiger partial charge on any atom is 0.251 e. The number of rotatable bonds is 9. The lowest BCUT2D eigenvalue weighted by molar-refractivity contribution is 0.0953. The van der Waals surface area contributed by atoms with Crippen molar-refractivity contribution >= 4 is 16.9 Å². The molecule has 0 bridgehead atoms. The number of aromatic nitrogens is 3. The lowest BCUT2D eigenvalue weighted by atomic mass is 9.87. The highest BCUT2D eigenvalue weighted by atomic mass is 16.5. The molecule has 0 saturated heterocycles. The Morgan fingerprint density at radius 1 is 1.00 bits per heavy atom. The van der Waals surface area contributed by atoms with Gasteiger partial charge in [0.15, 0.2) is 0 Å². The summed E-state index contributed by atoms with van der Waals surface area (Å²) < 4.78 is 8.27. The van der Waals surface area contributed by atoms with E-state index in [0.29, 0.717) is 25.3 Å². The molecule has 0 saturated carbocycles. The Morgan fingerprint density at radius 3 is 2.47 bits per heavy atom. The first kappa shape index (κ1) is 23.5. The summed E-state index contributed by atoms with van der Waals surface area (Å²) in [7, 11) is 0. The van der Waals surface area contributed by atoms with Crippen LogP contribution in [0, 0.1) is 0 Å². The van der Waals surface area contributed by atoms with Crippen LogP contribution in [0.4, 0.5) is 0 Å². The number of imidazole rings is 1. The Kier molecular flexibility index (Phi) is 7.26. The van der Waals surface area contributed by atoms with Crippen molar-refractivity contribution in [2.75, 3.05) is 13.2 Å². The van der Waals surface area contributed by atoms with Gasteiger partial charge in [0.05, 0.1) is 17.6 Å². The third-order valence-electron chi connectivity index (χ3n) is 5.84. The van der Waals surface area contributed by atoms with E-state index in [1.807, 2.05) is 30.3 Å². The molecule has 0 fully saturated rings.